The summed E-state index contributed by atoms with van der Waals surface area (Å²) in [6.07, 6.45) is 2.92. The topological polar surface area (TPSA) is 132 Å². The van der Waals surface area contributed by atoms with Crippen molar-refractivity contribution in [3.63, 3.8) is 0 Å². The Morgan fingerprint density at radius 2 is 1.90 bits per heavy atom. The number of nitrogens with zero attached hydrogens (tertiary/aromatic N) is 5. The lowest BCUT2D eigenvalue weighted by atomic mass is 10.0. The fraction of sp³-hybridized carbons (Fsp3) is 0.571. The predicted molar refractivity (Wildman–Crippen MR) is 151 cm³/mol. The molecule has 212 valence electrons. The molecule has 1 aliphatic rings. The van der Waals surface area contributed by atoms with Gasteiger partial charge in [0.15, 0.2) is 11.5 Å². The normalized spacial score (nSPS) is 14.3. The number of benzene rings is 1. The van der Waals surface area contributed by atoms with Crippen LogP contribution in [0.4, 0.5) is 5.82 Å². The summed E-state index contributed by atoms with van der Waals surface area (Å²) >= 11 is 0. The van der Waals surface area contributed by atoms with Crippen LogP contribution in [0.15, 0.2) is 29.1 Å². The molecule has 0 amide bonds. The number of fused-ring (bicyclic) bond motifs is 1. The standard InChI is InChI=1S/C28H41N7O4/c1-5-6-14-39-27-31-25(29)24-26(32-27)35(28(37)30-24)13-7-12-33(22-17-34(18-22)19(2)3)16-21-10-8-20(9-11-21)15-23(36)38-4/h8-11,19,22H,5-7,12-18H2,1-4H3,(H,30,37)(H2,29,31,32). The highest BCUT2D eigenvalue weighted by atomic mass is 16.5. The second-order valence-corrected chi connectivity index (χ2v) is 10.5. The fourth-order valence-corrected chi connectivity index (χ4v) is 4.81. The van der Waals surface area contributed by atoms with E-state index in [1.54, 1.807) is 4.57 Å². The molecular formula is C28H41N7O4. The van der Waals surface area contributed by atoms with Gasteiger partial charge in [0.25, 0.3) is 0 Å². The highest BCUT2D eigenvalue weighted by Crippen LogP contribution is 2.22. The molecule has 3 heterocycles. The van der Waals surface area contributed by atoms with E-state index in [1.165, 1.54) is 12.7 Å². The van der Waals surface area contributed by atoms with E-state index in [4.69, 9.17) is 15.2 Å². The predicted octanol–water partition coefficient (Wildman–Crippen LogP) is 2.58. The van der Waals surface area contributed by atoms with Crippen molar-refractivity contribution in [1.29, 1.82) is 0 Å². The van der Waals surface area contributed by atoms with Crippen LogP contribution in [0.25, 0.3) is 11.2 Å². The zero-order chi connectivity index (χ0) is 27.9. The maximum Gasteiger partial charge on any atom is 0.327 e. The summed E-state index contributed by atoms with van der Waals surface area (Å²) in [6, 6.07) is 9.29. The average molecular weight is 540 g/mol. The number of nitrogen functional groups attached to an aromatic ring is 1. The van der Waals surface area contributed by atoms with E-state index in [2.05, 4.69) is 57.7 Å². The van der Waals surface area contributed by atoms with Crippen molar-refractivity contribution in [2.24, 2.45) is 0 Å². The summed E-state index contributed by atoms with van der Waals surface area (Å²) in [7, 11) is 1.40. The molecule has 1 aliphatic heterocycles. The third kappa shape index (κ3) is 7.15. The number of methoxy groups -OCH3 is 1. The van der Waals surface area contributed by atoms with Gasteiger partial charge < -0.3 is 20.2 Å². The Morgan fingerprint density at radius 3 is 2.56 bits per heavy atom. The molecule has 3 N–H and O–H groups in total. The van der Waals surface area contributed by atoms with Gasteiger partial charge in [0.1, 0.15) is 5.52 Å². The van der Waals surface area contributed by atoms with Crippen molar-refractivity contribution in [2.45, 2.75) is 71.6 Å². The lowest BCUT2D eigenvalue weighted by Gasteiger charge is -2.47. The summed E-state index contributed by atoms with van der Waals surface area (Å²) in [6.45, 7) is 11.2. The number of hydrogen-bond donors (Lipinski definition) is 2. The minimum absolute atomic E-state index is 0.196. The number of nitrogens with two attached hydrogens (primary N) is 1. The van der Waals surface area contributed by atoms with Gasteiger partial charge in [0.05, 0.1) is 20.1 Å². The molecule has 39 heavy (non-hydrogen) atoms. The Kier molecular flexibility index (Phi) is 9.58. The minimum atomic E-state index is -0.251. The fourth-order valence-electron chi connectivity index (χ4n) is 4.81. The SMILES string of the molecule is CCCCOc1nc(N)c2[nH]c(=O)n(CCCN(Cc3ccc(CC(=O)OC)cc3)C3CN(C(C)C)C3)c2n1. The van der Waals surface area contributed by atoms with Crippen molar-refractivity contribution in [2.75, 3.05) is 39.1 Å². The molecule has 0 atom stereocenters. The number of nitrogens with one attached hydrogen (secondary N) is 1. The van der Waals surface area contributed by atoms with Gasteiger partial charge in [-0.3, -0.25) is 19.2 Å². The van der Waals surface area contributed by atoms with Crippen molar-refractivity contribution >= 4 is 23.0 Å². The van der Waals surface area contributed by atoms with Gasteiger partial charge in [-0.15, -0.1) is 0 Å². The zero-order valence-electron chi connectivity index (χ0n) is 23.5. The summed E-state index contributed by atoms with van der Waals surface area (Å²) in [5.41, 5.74) is 8.89. The highest BCUT2D eigenvalue weighted by molar-refractivity contribution is 5.81. The van der Waals surface area contributed by atoms with Crippen LogP contribution in [0.2, 0.25) is 0 Å². The van der Waals surface area contributed by atoms with Gasteiger partial charge in [-0.05, 0) is 37.8 Å². The van der Waals surface area contributed by atoms with E-state index in [1.807, 2.05) is 12.1 Å². The van der Waals surface area contributed by atoms with E-state index in [0.717, 1.165) is 51.0 Å². The Bertz CT molecular complexity index is 1300. The number of ether oxygens (including phenoxy) is 2. The first-order chi connectivity index (χ1) is 18.8. The maximum absolute atomic E-state index is 12.8. The van der Waals surface area contributed by atoms with Gasteiger partial charge >= 0.3 is 17.7 Å². The van der Waals surface area contributed by atoms with Crippen LogP contribution in [0.1, 0.15) is 51.2 Å². The number of carbonyl (C=O) groups excluding carboxylic acids is 1. The molecule has 0 aliphatic carbocycles. The van der Waals surface area contributed by atoms with E-state index < -0.39 is 0 Å². The lowest BCUT2D eigenvalue weighted by Crippen LogP contribution is -2.61. The van der Waals surface area contributed by atoms with Gasteiger partial charge in [0.2, 0.25) is 0 Å². The quantitative estimate of drug-likeness (QED) is 0.234. The Balaban J connectivity index is 1.44. The molecule has 0 spiro atoms. The lowest BCUT2D eigenvalue weighted by molar-refractivity contribution is -0.139. The van der Waals surface area contributed by atoms with Crippen LogP contribution in [0.5, 0.6) is 6.01 Å². The molecule has 3 aromatic rings. The second kappa shape index (κ2) is 13.1. The maximum atomic E-state index is 12.8. The average Bonchev–Trinajstić information content (AvgIpc) is 3.19. The molecule has 0 bridgehead atoms. The Labute approximate surface area is 229 Å². The van der Waals surface area contributed by atoms with Crippen molar-refractivity contribution in [3.05, 3.63) is 45.9 Å². The molecule has 0 unspecified atom stereocenters. The molecule has 0 radical (unpaired) electrons. The first-order valence-electron chi connectivity index (χ1n) is 13.8. The first kappa shape index (κ1) is 28.6. The van der Waals surface area contributed by atoms with E-state index >= 15 is 0 Å². The monoisotopic (exact) mass is 539 g/mol. The van der Waals surface area contributed by atoms with Crippen LogP contribution in [-0.4, -0.2) is 80.7 Å². The third-order valence-electron chi connectivity index (χ3n) is 7.31. The number of anilines is 1. The Hall–Kier alpha value is -3.44. The van der Waals surface area contributed by atoms with Gasteiger partial charge in [-0.1, -0.05) is 37.6 Å². The van der Waals surface area contributed by atoms with Crippen LogP contribution in [0, 0.1) is 0 Å². The van der Waals surface area contributed by atoms with Crippen molar-refractivity contribution < 1.29 is 14.3 Å². The Morgan fingerprint density at radius 1 is 1.18 bits per heavy atom. The highest BCUT2D eigenvalue weighted by Gasteiger charge is 2.33. The van der Waals surface area contributed by atoms with E-state index in [0.29, 0.717) is 36.4 Å². The number of aryl methyl sites for hydroxylation is 1. The van der Waals surface area contributed by atoms with E-state index in [-0.39, 0.29) is 29.9 Å². The third-order valence-corrected chi connectivity index (χ3v) is 7.31. The van der Waals surface area contributed by atoms with Crippen LogP contribution < -0.4 is 16.2 Å². The smallest absolute Gasteiger partial charge is 0.327 e. The largest absolute Gasteiger partial charge is 0.469 e. The zero-order valence-corrected chi connectivity index (χ0v) is 23.5. The van der Waals surface area contributed by atoms with Gasteiger partial charge in [0, 0.05) is 44.8 Å². The van der Waals surface area contributed by atoms with Gasteiger partial charge in [-0.2, -0.15) is 9.97 Å². The summed E-state index contributed by atoms with van der Waals surface area (Å²) < 4.78 is 12.1. The molecule has 11 heteroatoms. The number of hydrogen-bond acceptors (Lipinski definition) is 9. The van der Waals surface area contributed by atoms with E-state index in [9.17, 15) is 9.59 Å². The number of carbonyl (C=O) groups is 1. The molecule has 1 fully saturated rings. The summed E-state index contributed by atoms with van der Waals surface area (Å²) in [5, 5.41) is 0. The minimum Gasteiger partial charge on any atom is -0.469 e. The molecular weight excluding hydrogens is 498 g/mol. The number of H-pyrrole nitrogens is 1. The van der Waals surface area contributed by atoms with Crippen LogP contribution in [0.3, 0.4) is 0 Å². The number of aromatic amines is 1. The molecule has 2 aromatic heterocycles. The number of unbranched alkanes of at least 4 members (excludes halogenated alkanes) is 1. The number of imidazole rings is 1. The van der Waals surface area contributed by atoms with Crippen molar-refractivity contribution in [1.82, 2.24) is 29.3 Å². The van der Waals surface area contributed by atoms with Crippen LogP contribution in [-0.2, 0) is 29.0 Å². The number of rotatable bonds is 14. The summed E-state index contributed by atoms with van der Waals surface area (Å²) in [4.78, 5) is 40.8. The molecule has 1 saturated heterocycles. The molecule has 11 nitrogen and oxygen atoms in total. The molecule has 0 saturated carbocycles. The number of aromatic nitrogens is 4. The first-order valence-corrected chi connectivity index (χ1v) is 13.8. The summed E-state index contributed by atoms with van der Waals surface area (Å²) in [5.74, 6) is -0.0327. The second-order valence-electron chi connectivity index (χ2n) is 10.5. The van der Waals surface area contributed by atoms with Crippen LogP contribution >= 0.6 is 0 Å². The van der Waals surface area contributed by atoms with Crippen molar-refractivity contribution in [3.8, 4) is 6.01 Å². The molecule has 1 aromatic carbocycles. The number of esters is 1. The van der Waals surface area contributed by atoms with Gasteiger partial charge in [-0.25, -0.2) is 4.79 Å². The number of likely N-dealkylation sites (tertiary alicyclic amines) is 1. The molecule has 4 rings (SSSR count).